The minimum Gasteiger partial charge on any atom is -0.342 e. The minimum absolute atomic E-state index is 0.314. The highest BCUT2D eigenvalue weighted by atomic mass is 32.2. The lowest BCUT2D eigenvalue weighted by molar-refractivity contribution is -0.134. The van der Waals surface area contributed by atoms with Crippen LogP contribution in [0.4, 0.5) is 0 Å². The molecule has 2 atom stereocenters. The van der Waals surface area contributed by atoms with Crippen molar-refractivity contribution in [2.75, 3.05) is 32.4 Å². The van der Waals surface area contributed by atoms with Gasteiger partial charge in [0.25, 0.3) is 0 Å². The van der Waals surface area contributed by atoms with Crippen LogP contribution in [0, 0.1) is 5.92 Å². The van der Waals surface area contributed by atoms with Crippen molar-refractivity contribution >= 4 is 17.7 Å². The molecule has 0 unspecified atom stereocenters. The van der Waals surface area contributed by atoms with E-state index in [2.05, 4.69) is 37.6 Å². The van der Waals surface area contributed by atoms with Gasteiger partial charge >= 0.3 is 0 Å². The number of hydrogen-bond donors (Lipinski definition) is 0. The third-order valence-electron chi connectivity index (χ3n) is 4.77. The zero-order valence-electron chi connectivity index (χ0n) is 14.2. The van der Waals surface area contributed by atoms with Crippen LogP contribution in [0.3, 0.4) is 0 Å². The topological polar surface area (TPSA) is 23.6 Å². The molecule has 0 spiro atoms. The molecule has 0 N–H and O–H groups in total. The number of carbonyl (C=O) groups is 1. The fourth-order valence-electron chi connectivity index (χ4n) is 3.64. The SMILES string of the molecule is CN1CCC[C@@H]2CN(C(=O)CCCSC(C)(C)C)CC[C@H]21. The molecule has 0 aromatic heterocycles. The fraction of sp³-hybridized carbons (Fsp3) is 0.941. The predicted molar refractivity (Wildman–Crippen MR) is 91.8 cm³/mol. The number of thioether (sulfide) groups is 1. The molecule has 2 heterocycles. The molecule has 21 heavy (non-hydrogen) atoms. The van der Waals surface area contributed by atoms with Gasteiger partial charge in [0.15, 0.2) is 0 Å². The first-order chi connectivity index (χ1) is 9.87. The summed E-state index contributed by atoms with van der Waals surface area (Å²) in [6.07, 6.45) is 5.52. The van der Waals surface area contributed by atoms with Crippen molar-refractivity contribution in [3.05, 3.63) is 0 Å². The van der Waals surface area contributed by atoms with Gasteiger partial charge in [-0.3, -0.25) is 4.79 Å². The van der Waals surface area contributed by atoms with E-state index >= 15 is 0 Å². The van der Waals surface area contributed by atoms with Crippen molar-refractivity contribution in [1.29, 1.82) is 0 Å². The maximum Gasteiger partial charge on any atom is 0.222 e. The van der Waals surface area contributed by atoms with Gasteiger partial charge < -0.3 is 9.80 Å². The largest absolute Gasteiger partial charge is 0.342 e. The van der Waals surface area contributed by atoms with Crippen LogP contribution < -0.4 is 0 Å². The molecular formula is C17H32N2OS. The number of likely N-dealkylation sites (tertiary alicyclic amines) is 2. The molecule has 1 amide bonds. The van der Waals surface area contributed by atoms with E-state index in [1.807, 2.05) is 11.8 Å². The lowest BCUT2D eigenvalue weighted by Gasteiger charge is -2.46. The van der Waals surface area contributed by atoms with Crippen molar-refractivity contribution in [2.24, 2.45) is 5.92 Å². The lowest BCUT2D eigenvalue weighted by Crippen LogP contribution is -2.53. The Balaban J connectivity index is 1.71. The van der Waals surface area contributed by atoms with E-state index in [4.69, 9.17) is 0 Å². The summed E-state index contributed by atoms with van der Waals surface area (Å²) < 4.78 is 0.314. The number of piperidine rings is 2. The first-order valence-corrected chi connectivity index (χ1v) is 9.47. The van der Waals surface area contributed by atoms with Crippen molar-refractivity contribution in [2.45, 2.75) is 63.7 Å². The Labute approximate surface area is 134 Å². The van der Waals surface area contributed by atoms with Crippen LogP contribution in [0.25, 0.3) is 0 Å². The van der Waals surface area contributed by atoms with E-state index in [-0.39, 0.29) is 0 Å². The van der Waals surface area contributed by atoms with Gasteiger partial charge in [-0.25, -0.2) is 0 Å². The van der Waals surface area contributed by atoms with Gasteiger partial charge in [-0.1, -0.05) is 20.8 Å². The van der Waals surface area contributed by atoms with Gasteiger partial charge in [-0.15, -0.1) is 0 Å². The normalized spacial score (nSPS) is 27.5. The molecule has 0 aliphatic carbocycles. The average Bonchev–Trinajstić information content (AvgIpc) is 2.42. The highest BCUT2D eigenvalue weighted by Crippen LogP contribution is 2.30. The number of rotatable bonds is 4. The molecule has 0 bridgehead atoms. The second-order valence-electron chi connectivity index (χ2n) is 7.64. The van der Waals surface area contributed by atoms with Gasteiger partial charge in [-0.05, 0) is 50.9 Å². The number of nitrogens with zero attached hydrogens (tertiary/aromatic N) is 2. The molecule has 122 valence electrons. The summed E-state index contributed by atoms with van der Waals surface area (Å²) in [5, 5.41) is 0. The highest BCUT2D eigenvalue weighted by Gasteiger charge is 2.35. The van der Waals surface area contributed by atoms with Crippen LogP contribution in [0.2, 0.25) is 0 Å². The van der Waals surface area contributed by atoms with Crippen LogP contribution >= 0.6 is 11.8 Å². The molecule has 2 aliphatic rings. The Bertz CT molecular complexity index is 353. The van der Waals surface area contributed by atoms with Crippen LogP contribution in [0.15, 0.2) is 0 Å². The lowest BCUT2D eigenvalue weighted by atomic mass is 9.84. The summed E-state index contributed by atoms with van der Waals surface area (Å²) in [6.45, 7) is 9.92. The first kappa shape index (κ1) is 17.1. The Morgan fingerprint density at radius 3 is 2.71 bits per heavy atom. The molecular weight excluding hydrogens is 280 g/mol. The molecule has 2 fully saturated rings. The van der Waals surface area contributed by atoms with Gasteiger partial charge in [-0.2, -0.15) is 11.8 Å². The van der Waals surface area contributed by atoms with Gasteiger partial charge in [0.2, 0.25) is 5.91 Å². The van der Waals surface area contributed by atoms with E-state index in [0.29, 0.717) is 16.6 Å². The Morgan fingerprint density at radius 1 is 1.24 bits per heavy atom. The van der Waals surface area contributed by atoms with Crippen LogP contribution in [-0.2, 0) is 4.79 Å². The summed E-state index contributed by atoms with van der Waals surface area (Å²) >= 11 is 1.96. The monoisotopic (exact) mass is 312 g/mol. The molecule has 0 aromatic carbocycles. The second kappa shape index (κ2) is 7.36. The molecule has 0 radical (unpaired) electrons. The smallest absolute Gasteiger partial charge is 0.222 e. The Morgan fingerprint density at radius 2 is 2.00 bits per heavy atom. The predicted octanol–water partition coefficient (Wildman–Crippen LogP) is 3.24. The average molecular weight is 313 g/mol. The van der Waals surface area contributed by atoms with Crippen molar-refractivity contribution in [3.8, 4) is 0 Å². The van der Waals surface area contributed by atoms with Gasteiger partial charge in [0, 0.05) is 30.3 Å². The quantitative estimate of drug-likeness (QED) is 0.745. The van der Waals surface area contributed by atoms with Gasteiger partial charge in [0.05, 0.1) is 0 Å². The maximum atomic E-state index is 12.4. The summed E-state index contributed by atoms with van der Waals surface area (Å²) in [4.78, 5) is 17.0. The maximum absolute atomic E-state index is 12.4. The minimum atomic E-state index is 0.314. The number of carbonyl (C=O) groups excluding carboxylic acids is 1. The third-order valence-corrected chi connectivity index (χ3v) is 6.13. The molecule has 4 heteroatoms. The molecule has 0 aromatic rings. The second-order valence-corrected chi connectivity index (χ2v) is 9.56. The number of fused-ring (bicyclic) bond motifs is 1. The summed E-state index contributed by atoms with van der Waals surface area (Å²) in [7, 11) is 2.25. The summed E-state index contributed by atoms with van der Waals surface area (Å²) in [5.41, 5.74) is 0. The van der Waals surface area contributed by atoms with Crippen LogP contribution in [0.5, 0.6) is 0 Å². The Kier molecular flexibility index (Phi) is 6.01. The summed E-state index contributed by atoms with van der Waals surface area (Å²) in [6, 6.07) is 0.722. The Hall–Kier alpha value is -0.220. The van der Waals surface area contributed by atoms with E-state index < -0.39 is 0 Å². The molecule has 2 saturated heterocycles. The molecule has 2 rings (SSSR count). The number of hydrogen-bond acceptors (Lipinski definition) is 3. The molecule has 2 aliphatic heterocycles. The van der Waals surface area contributed by atoms with E-state index in [0.717, 1.165) is 37.7 Å². The summed E-state index contributed by atoms with van der Waals surface area (Å²) in [5.74, 6) is 2.19. The zero-order chi connectivity index (χ0) is 15.5. The highest BCUT2D eigenvalue weighted by molar-refractivity contribution is 8.00. The van der Waals surface area contributed by atoms with Crippen molar-refractivity contribution in [1.82, 2.24) is 9.80 Å². The molecule has 3 nitrogen and oxygen atoms in total. The number of amides is 1. The fourth-order valence-corrected chi connectivity index (χ4v) is 4.54. The van der Waals surface area contributed by atoms with Crippen LogP contribution in [-0.4, -0.2) is 58.9 Å². The van der Waals surface area contributed by atoms with Gasteiger partial charge in [0.1, 0.15) is 0 Å². The van der Waals surface area contributed by atoms with Crippen LogP contribution in [0.1, 0.15) is 52.9 Å². The van der Waals surface area contributed by atoms with Crippen molar-refractivity contribution in [3.63, 3.8) is 0 Å². The zero-order valence-corrected chi connectivity index (χ0v) is 15.0. The van der Waals surface area contributed by atoms with E-state index in [1.165, 1.54) is 25.8 Å². The van der Waals surface area contributed by atoms with E-state index in [1.54, 1.807) is 0 Å². The van der Waals surface area contributed by atoms with E-state index in [9.17, 15) is 4.79 Å². The molecule has 0 saturated carbocycles. The third kappa shape index (κ3) is 5.17. The van der Waals surface area contributed by atoms with Crippen molar-refractivity contribution < 1.29 is 4.79 Å². The first-order valence-electron chi connectivity index (χ1n) is 8.49. The standard InChI is InChI=1S/C17H32N2OS/c1-17(2,3)21-12-6-8-16(20)19-11-9-15-14(13-19)7-5-10-18(15)4/h14-15H,5-13H2,1-4H3/t14-,15-/m1/s1.